The maximum Gasteiger partial charge on any atom is 0.255 e. The molecule has 2 amide bonds. The summed E-state index contributed by atoms with van der Waals surface area (Å²) in [5.41, 5.74) is 4.02. The summed E-state index contributed by atoms with van der Waals surface area (Å²) in [4.78, 5) is 32.5. The number of nitrogens with one attached hydrogen (secondary N) is 3. The second-order valence-corrected chi connectivity index (χ2v) is 12.2. The lowest BCUT2D eigenvalue weighted by Gasteiger charge is -2.36. The van der Waals surface area contributed by atoms with E-state index < -0.39 is 17.6 Å². The molecule has 1 heterocycles. The van der Waals surface area contributed by atoms with Crippen molar-refractivity contribution >= 4 is 45.8 Å². The lowest BCUT2D eigenvalue weighted by atomic mass is 9.90. The van der Waals surface area contributed by atoms with Crippen molar-refractivity contribution in [3.05, 3.63) is 89.0 Å². The van der Waals surface area contributed by atoms with E-state index >= 15 is 0 Å². The number of rotatable bonds is 11. The smallest absolute Gasteiger partial charge is 0.255 e. The highest BCUT2D eigenvalue weighted by atomic mass is 35.5. The number of aryl methyl sites for hydroxylation is 2. The molecule has 0 bridgehead atoms. The number of nitrogens with zero attached hydrogens (tertiary/aromatic N) is 3. The van der Waals surface area contributed by atoms with Gasteiger partial charge in [0, 0.05) is 48.6 Å². The summed E-state index contributed by atoms with van der Waals surface area (Å²) in [6.07, 6.45) is 7.76. The van der Waals surface area contributed by atoms with E-state index in [4.69, 9.17) is 11.6 Å². The van der Waals surface area contributed by atoms with Crippen LogP contribution in [0, 0.1) is 12.7 Å². The van der Waals surface area contributed by atoms with Crippen LogP contribution in [0.15, 0.2) is 66.7 Å². The molecule has 0 saturated heterocycles. The Bertz CT molecular complexity index is 1740. The molecular weight excluding hydrogens is 603 g/mol. The van der Waals surface area contributed by atoms with Crippen LogP contribution in [0.5, 0.6) is 0 Å². The number of benzene rings is 3. The van der Waals surface area contributed by atoms with E-state index in [9.17, 15) is 14.0 Å². The fraction of sp³-hybridized carbons (Fsp3) is 0.361. The van der Waals surface area contributed by atoms with E-state index in [-0.39, 0.29) is 11.3 Å². The minimum Gasteiger partial charge on any atom is -0.331 e. The van der Waals surface area contributed by atoms with Crippen LogP contribution in [0.25, 0.3) is 22.2 Å². The molecule has 0 atom stereocenters. The lowest BCUT2D eigenvalue weighted by Crippen LogP contribution is -2.42. The van der Waals surface area contributed by atoms with Crippen molar-refractivity contribution in [1.29, 1.82) is 0 Å². The zero-order chi connectivity index (χ0) is 32.8. The number of hydrogen-bond donors (Lipinski definition) is 3. The van der Waals surface area contributed by atoms with Gasteiger partial charge in [-0.1, -0.05) is 43.7 Å². The second-order valence-electron chi connectivity index (χ2n) is 11.8. The molecule has 4 aromatic rings. The number of fused-ring (bicyclic) bond motifs is 1. The third kappa shape index (κ3) is 7.84. The van der Waals surface area contributed by atoms with Crippen molar-refractivity contribution in [3.8, 4) is 11.1 Å². The van der Waals surface area contributed by atoms with Crippen LogP contribution in [0.3, 0.4) is 0 Å². The maximum absolute atomic E-state index is 14.9. The number of carbonyl (C=O) groups is 2. The maximum atomic E-state index is 14.9. The molecule has 1 fully saturated rings. The van der Waals surface area contributed by atoms with Crippen LogP contribution in [-0.2, 0) is 11.8 Å². The summed E-state index contributed by atoms with van der Waals surface area (Å²) in [7, 11) is 1.94. The van der Waals surface area contributed by atoms with Gasteiger partial charge in [-0.3, -0.25) is 9.59 Å². The first-order valence-corrected chi connectivity index (χ1v) is 16.3. The number of anilines is 2. The van der Waals surface area contributed by atoms with Gasteiger partial charge in [-0.05, 0) is 93.7 Å². The Balaban J connectivity index is 1.14. The van der Waals surface area contributed by atoms with Crippen molar-refractivity contribution < 1.29 is 14.0 Å². The molecule has 5 rings (SSSR count). The Morgan fingerprint density at radius 1 is 1.04 bits per heavy atom. The minimum absolute atomic E-state index is 0.00525. The molecular formula is C36H42ClFN6O2. The average Bonchev–Trinajstić information content (AvgIpc) is 3.32. The zero-order valence-electron chi connectivity index (χ0n) is 26.9. The standard InChI is InChI=1S/C36H42ClFN6O2/c1-5-44(6-2)28-15-13-26(14-16-28)39-18-8-11-35(45)42-32-17-12-25(20-31(32)38)36(46)41-27-10-7-9-24(19-27)29-21-33-34(22-30(29)37)43(4)23(3)40-33/h7-12,17,19-22,26,28,39H,5-6,13-16,18H2,1-4H3,(H,41,46)(H,42,45)/b11-8+/t26-,28-. The highest BCUT2D eigenvalue weighted by Crippen LogP contribution is 2.33. The third-order valence-electron chi connectivity index (χ3n) is 8.93. The third-order valence-corrected chi connectivity index (χ3v) is 9.25. The molecule has 1 aliphatic rings. The molecule has 46 heavy (non-hydrogen) atoms. The van der Waals surface area contributed by atoms with Gasteiger partial charge in [-0.15, -0.1) is 0 Å². The van der Waals surface area contributed by atoms with E-state index in [0.717, 1.165) is 60.0 Å². The molecule has 0 aliphatic heterocycles. The summed E-state index contributed by atoms with van der Waals surface area (Å²) >= 11 is 6.62. The SMILES string of the molecule is CCN(CC)[C@H]1CC[C@H](NC/C=C/C(=O)Nc2ccc(C(=O)Nc3cccc(-c4cc5nc(C)n(C)c5cc4Cl)c3)cc2F)CC1. The molecule has 0 radical (unpaired) electrons. The Morgan fingerprint density at radius 2 is 1.80 bits per heavy atom. The van der Waals surface area contributed by atoms with Crippen LogP contribution in [0.4, 0.5) is 15.8 Å². The van der Waals surface area contributed by atoms with Crippen LogP contribution in [0.2, 0.25) is 5.02 Å². The molecule has 242 valence electrons. The molecule has 1 aliphatic carbocycles. The van der Waals surface area contributed by atoms with E-state index in [1.54, 1.807) is 12.1 Å². The van der Waals surface area contributed by atoms with Gasteiger partial charge >= 0.3 is 0 Å². The predicted molar refractivity (Wildman–Crippen MR) is 185 cm³/mol. The van der Waals surface area contributed by atoms with Crippen molar-refractivity contribution in [2.45, 2.75) is 58.5 Å². The lowest BCUT2D eigenvalue weighted by molar-refractivity contribution is -0.111. The summed E-state index contributed by atoms with van der Waals surface area (Å²) in [6.45, 7) is 9.10. The minimum atomic E-state index is -0.697. The number of imidazole rings is 1. The largest absolute Gasteiger partial charge is 0.331 e. The number of amides is 2. The summed E-state index contributed by atoms with van der Waals surface area (Å²) in [5.74, 6) is -0.729. The van der Waals surface area contributed by atoms with Gasteiger partial charge in [0.05, 0.1) is 21.7 Å². The number of hydrogen-bond acceptors (Lipinski definition) is 5. The normalized spacial score (nSPS) is 16.8. The van der Waals surface area contributed by atoms with Crippen LogP contribution in [-0.4, -0.2) is 58.0 Å². The van der Waals surface area contributed by atoms with Gasteiger partial charge in [0.25, 0.3) is 5.91 Å². The van der Waals surface area contributed by atoms with E-state index in [0.29, 0.717) is 29.3 Å². The molecule has 1 aromatic heterocycles. The van der Waals surface area contributed by atoms with Crippen LogP contribution < -0.4 is 16.0 Å². The quantitative estimate of drug-likeness (QED) is 0.149. The Morgan fingerprint density at radius 3 is 2.52 bits per heavy atom. The first kappa shape index (κ1) is 33.3. The molecule has 1 saturated carbocycles. The average molecular weight is 645 g/mol. The predicted octanol–water partition coefficient (Wildman–Crippen LogP) is 7.33. The van der Waals surface area contributed by atoms with Gasteiger partial charge in [-0.25, -0.2) is 9.37 Å². The summed E-state index contributed by atoms with van der Waals surface area (Å²) in [6, 6.07) is 16.2. The molecule has 10 heteroatoms. The van der Waals surface area contributed by atoms with Crippen molar-refractivity contribution in [3.63, 3.8) is 0 Å². The zero-order valence-corrected chi connectivity index (χ0v) is 27.6. The van der Waals surface area contributed by atoms with Gasteiger partial charge in [0.1, 0.15) is 11.6 Å². The second kappa shape index (κ2) is 15.0. The monoisotopic (exact) mass is 644 g/mol. The van der Waals surface area contributed by atoms with Gasteiger partial charge < -0.3 is 25.4 Å². The van der Waals surface area contributed by atoms with Crippen molar-refractivity contribution in [1.82, 2.24) is 19.8 Å². The van der Waals surface area contributed by atoms with Gasteiger partial charge in [0.2, 0.25) is 5.91 Å². The van der Waals surface area contributed by atoms with Crippen LogP contribution >= 0.6 is 11.6 Å². The molecule has 8 nitrogen and oxygen atoms in total. The first-order valence-electron chi connectivity index (χ1n) is 16.0. The Kier molecular flexibility index (Phi) is 10.9. The number of aromatic nitrogens is 2. The number of carbonyl (C=O) groups excluding carboxylic acids is 2. The Labute approximate surface area is 275 Å². The summed E-state index contributed by atoms with van der Waals surface area (Å²) < 4.78 is 16.9. The summed E-state index contributed by atoms with van der Waals surface area (Å²) in [5, 5.41) is 9.45. The van der Waals surface area contributed by atoms with Crippen LogP contribution in [0.1, 0.15) is 55.7 Å². The van der Waals surface area contributed by atoms with Crippen molar-refractivity contribution in [2.24, 2.45) is 7.05 Å². The van der Waals surface area contributed by atoms with E-state index in [1.807, 2.05) is 48.9 Å². The fourth-order valence-electron chi connectivity index (χ4n) is 6.24. The van der Waals surface area contributed by atoms with Crippen molar-refractivity contribution in [2.75, 3.05) is 30.3 Å². The molecule has 0 unspecified atom stereocenters. The Hall–Kier alpha value is -4.05. The topological polar surface area (TPSA) is 91.3 Å². The van der Waals surface area contributed by atoms with E-state index in [2.05, 4.69) is 39.7 Å². The molecule has 3 N–H and O–H groups in total. The number of halogens is 2. The van der Waals surface area contributed by atoms with E-state index in [1.165, 1.54) is 31.1 Å². The first-order chi connectivity index (χ1) is 22.2. The molecule has 0 spiro atoms. The highest BCUT2D eigenvalue weighted by Gasteiger charge is 2.23. The molecule has 3 aromatic carbocycles. The van der Waals surface area contributed by atoms with Gasteiger partial charge in [-0.2, -0.15) is 0 Å². The highest BCUT2D eigenvalue weighted by molar-refractivity contribution is 6.34. The fourth-order valence-corrected chi connectivity index (χ4v) is 6.51. The van der Waals surface area contributed by atoms with Gasteiger partial charge in [0.15, 0.2) is 0 Å².